The van der Waals surface area contributed by atoms with Crippen molar-refractivity contribution < 1.29 is 4.74 Å². The van der Waals surface area contributed by atoms with Gasteiger partial charge in [-0.2, -0.15) is 5.10 Å². The van der Waals surface area contributed by atoms with Crippen LogP contribution >= 0.6 is 0 Å². The summed E-state index contributed by atoms with van der Waals surface area (Å²) in [6.07, 6.45) is 8.11. The van der Waals surface area contributed by atoms with E-state index in [4.69, 9.17) is 4.74 Å². The van der Waals surface area contributed by atoms with Gasteiger partial charge in [0.1, 0.15) is 0 Å². The average molecular weight is 223 g/mol. The molecule has 4 nitrogen and oxygen atoms in total. The molecule has 16 heavy (non-hydrogen) atoms. The number of hydrogen-bond donors (Lipinski definition) is 2. The molecule has 0 spiro atoms. The number of nitrogens with zero attached hydrogens (tertiary/aromatic N) is 1. The minimum Gasteiger partial charge on any atom is -0.385 e. The molecule has 4 heteroatoms. The Morgan fingerprint density at radius 2 is 2.31 bits per heavy atom. The summed E-state index contributed by atoms with van der Waals surface area (Å²) in [5.41, 5.74) is 1.45. The Morgan fingerprint density at radius 1 is 1.50 bits per heavy atom. The fraction of sp³-hybridized carbons (Fsp3) is 0.750. The summed E-state index contributed by atoms with van der Waals surface area (Å²) < 4.78 is 5.21. The van der Waals surface area contributed by atoms with Crippen molar-refractivity contribution in [2.45, 2.75) is 44.2 Å². The molecule has 1 aromatic rings. The minimum absolute atomic E-state index is 0.293. The van der Waals surface area contributed by atoms with Crippen LogP contribution in [0.3, 0.4) is 0 Å². The van der Waals surface area contributed by atoms with E-state index in [-0.39, 0.29) is 0 Å². The molecule has 0 unspecified atom stereocenters. The van der Waals surface area contributed by atoms with E-state index in [1.54, 1.807) is 13.3 Å². The first-order chi connectivity index (χ1) is 7.85. The maximum Gasteiger partial charge on any atom is 0.0490 e. The van der Waals surface area contributed by atoms with E-state index in [1.807, 2.05) is 6.07 Å². The molecular formula is C12H21N3O. The normalized spacial score (nSPS) is 19.1. The van der Waals surface area contributed by atoms with Crippen LogP contribution < -0.4 is 5.32 Å². The minimum atomic E-state index is 0.293. The van der Waals surface area contributed by atoms with Crippen molar-refractivity contribution in [3.05, 3.63) is 18.0 Å². The molecular weight excluding hydrogens is 202 g/mol. The number of nitrogens with one attached hydrogen (secondary N) is 2. The van der Waals surface area contributed by atoms with Crippen LogP contribution in [0.15, 0.2) is 12.3 Å². The predicted molar refractivity (Wildman–Crippen MR) is 63.1 cm³/mol. The summed E-state index contributed by atoms with van der Waals surface area (Å²) in [7, 11) is 1.78. The Kier molecular flexibility index (Phi) is 3.96. The summed E-state index contributed by atoms with van der Waals surface area (Å²) in [4.78, 5) is 0. The van der Waals surface area contributed by atoms with Crippen LogP contribution in [-0.2, 0) is 11.3 Å². The molecule has 1 saturated carbocycles. The molecule has 1 aliphatic rings. The van der Waals surface area contributed by atoms with E-state index in [9.17, 15) is 0 Å². The highest BCUT2D eigenvalue weighted by atomic mass is 16.5. The van der Waals surface area contributed by atoms with Gasteiger partial charge in [-0.3, -0.25) is 5.10 Å². The maximum atomic E-state index is 5.21. The van der Waals surface area contributed by atoms with Gasteiger partial charge >= 0.3 is 0 Å². The van der Waals surface area contributed by atoms with Crippen molar-refractivity contribution in [1.82, 2.24) is 15.5 Å². The average Bonchev–Trinajstić information content (AvgIpc) is 2.96. The number of ether oxygens (including phenoxy) is 1. The van der Waals surface area contributed by atoms with Crippen LogP contribution in [0.25, 0.3) is 0 Å². The summed E-state index contributed by atoms with van der Waals surface area (Å²) in [6, 6.07) is 2.02. The van der Waals surface area contributed by atoms with Gasteiger partial charge < -0.3 is 10.1 Å². The van der Waals surface area contributed by atoms with E-state index in [2.05, 4.69) is 15.5 Å². The Labute approximate surface area is 96.8 Å². The van der Waals surface area contributed by atoms with Crippen molar-refractivity contribution in [2.75, 3.05) is 13.7 Å². The number of rotatable bonds is 6. The summed E-state index contributed by atoms with van der Waals surface area (Å²) in [6.45, 7) is 1.72. The molecule has 2 rings (SSSR count). The Hall–Kier alpha value is -0.870. The number of hydrogen-bond acceptors (Lipinski definition) is 3. The summed E-state index contributed by atoms with van der Waals surface area (Å²) in [5, 5.41) is 10.6. The van der Waals surface area contributed by atoms with Gasteiger partial charge in [0, 0.05) is 37.7 Å². The van der Waals surface area contributed by atoms with Gasteiger partial charge in [-0.05, 0) is 25.3 Å². The number of H-pyrrole nitrogens is 1. The van der Waals surface area contributed by atoms with Crippen molar-refractivity contribution in [1.29, 1.82) is 0 Å². The Morgan fingerprint density at radius 3 is 2.94 bits per heavy atom. The topological polar surface area (TPSA) is 49.9 Å². The molecule has 2 N–H and O–H groups in total. The standard InChI is InChI=1S/C12H21N3O/c1-16-9-7-12(5-2-3-6-12)13-10-11-4-8-14-15-11/h4,8,13H,2-3,5-7,9-10H2,1H3,(H,14,15). The zero-order valence-electron chi connectivity index (χ0n) is 9.96. The highest BCUT2D eigenvalue weighted by Crippen LogP contribution is 2.32. The lowest BCUT2D eigenvalue weighted by Gasteiger charge is -2.30. The van der Waals surface area contributed by atoms with Gasteiger partial charge in [-0.25, -0.2) is 0 Å². The van der Waals surface area contributed by atoms with Gasteiger partial charge in [-0.15, -0.1) is 0 Å². The molecule has 0 radical (unpaired) electrons. The molecule has 0 atom stereocenters. The first-order valence-electron chi connectivity index (χ1n) is 6.07. The molecule has 0 bridgehead atoms. The molecule has 1 fully saturated rings. The van der Waals surface area contributed by atoms with Crippen molar-refractivity contribution in [3.8, 4) is 0 Å². The van der Waals surface area contributed by atoms with Crippen LogP contribution in [0.1, 0.15) is 37.8 Å². The van der Waals surface area contributed by atoms with Gasteiger partial charge in [0.15, 0.2) is 0 Å². The van der Waals surface area contributed by atoms with Gasteiger partial charge in [0.25, 0.3) is 0 Å². The van der Waals surface area contributed by atoms with E-state index in [0.29, 0.717) is 5.54 Å². The molecule has 0 aromatic carbocycles. The van der Waals surface area contributed by atoms with Gasteiger partial charge in [-0.1, -0.05) is 12.8 Å². The lowest BCUT2D eigenvalue weighted by atomic mass is 9.93. The lowest BCUT2D eigenvalue weighted by molar-refractivity contribution is 0.153. The van der Waals surface area contributed by atoms with Crippen molar-refractivity contribution in [3.63, 3.8) is 0 Å². The third-order valence-corrected chi connectivity index (χ3v) is 3.56. The second kappa shape index (κ2) is 5.46. The Balaban J connectivity index is 1.87. The fourth-order valence-corrected chi connectivity index (χ4v) is 2.53. The first kappa shape index (κ1) is 11.6. The zero-order chi connectivity index (χ0) is 11.3. The second-order valence-electron chi connectivity index (χ2n) is 4.67. The smallest absolute Gasteiger partial charge is 0.0490 e. The van der Waals surface area contributed by atoms with Crippen LogP contribution in [0, 0.1) is 0 Å². The number of aromatic nitrogens is 2. The van der Waals surface area contributed by atoms with Crippen molar-refractivity contribution >= 4 is 0 Å². The lowest BCUT2D eigenvalue weighted by Crippen LogP contribution is -2.43. The highest BCUT2D eigenvalue weighted by Gasteiger charge is 2.32. The van der Waals surface area contributed by atoms with Crippen LogP contribution in [0.5, 0.6) is 0 Å². The molecule has 0 amide bonds. The number of aromatic amines is 1. The first-order valence-corrected chi connectivity index (χ1v) is 6.07. The van der Waals surface area contributed by atoms with Gasteiger partial charge in [0.2, 0.25) is 0 Å². The molecule has 1 aromatic heterocycles. The number of methoxy groups -OCH3 is 1. The summed E-state index contributed by atoms with van der Waals surface area (Å²) >= 11 is 0. The van der Waals surface area contributed by atoms with E-state index >= 15 is 0 Å². The van der Waals surface area contributed by atoms with Gasteiger partial charge in [0.05, 0.1) is 0 Å². The Bertz CT molecular complexity index is 291. The maximum absolute atomic E-state index is 5.21. The zero-order valence-corrected chi connectivity index (χ0v) is 9.96. The molecule has 1 heterocycles. The van der Waals surface area contributed by atoms with Crippen molar-refractivity contribution in [2.24, 2.45) is 0 Å². The van der Waals surface area contributed by atoms with E-state index in [1.165, 1.54) is 25.7 Å². The largest absolute Gasteiger partial charge is 0.385 e. The fourth-order valence-electron chi connectivity index (χ4n) is 2.53. The molecule has 0 saturated heterocycles. The summed E-state index contributed by atoms with van der Waals surface area (Å²) in [5.74, 6) is 0. The quantitative estimate of drug-likeness (QED) is 0.773. The third kappa shape index (κ3) is 2.83. The van der Waals surface area contributed by atoms with Crippen LogP contribution in [0.4, 0.5) is 0 Å². The molecule has 0 aliphatic heterocycles. The molecule has 90 valence electrons. The highest BCUT2D eigenvalue weighted by molar-refractivity contribution is 5.00. The third-order valence-electron chi connectivity index (χ3n) is 3.56. The predicted octanol–water partition coefficient (Wildman–Crippen LogP) is 1.85. The molecule has 1 aliphatic carbocycles. The van der Waals surface area contributed by atoms with Crippen LogP contribution in [0.2, 0.25) is 0 Å². The second-order valence-corrected chi connectivity index (χ2v) is 4.67. The monoisotopic (exact) mass is 223 g/mol. The SMILES string of the molecule is COCCC1(NCc2ccn[nH]2)CCCC1. The van der Waals surface area contributed by atoms with Crippen LogP contribution in [-0.4, -0.2) is 29.5 Å². The van der Waals surface area contributed by atoms with E-state index in [0.717, 1.165) is 25.3 Å². The van der Waals surface area contributed by atoms with E-state index < -0.39 is 0 Å².